The highest BCUT2D eigenvalue weighted by molar-refractivity contribution is 6.31. The molecule has 0 aliphatic heterocycles. The number of aryl methyl sites for hydroxylation is 1. The number of fused-ring (bicyclic) bond motifs is 1. The summed E-state index contributed by atoms with van der Waals surface area (Å²) in [6.45, 7) is 2.01. The van der Waals surface area contributed by atoms with E-state index < -0.39 is 5.82 Å². The lowest BCUT2D eigenvalue weighted by Gasteiger charge is -2.13. The molecule has 0 fully saturated rings. The van der Waals surface area contributed by atoms with Gasteiger partial charge in [-0.3, -0.25) is 4.79 Å². The van der Waals surface area contributed by atoms with Crippen LogP contribution in [0.5, 0.6) is 0 Å². The highest BCUT2D eigenvalue weighted by Gasteiger charge is 2.11. The molecule has 0 radical (unpaired) electrons. The third-order valence-corrected chi connectivity index (χ3v) is 3.96. The summed E-state index contributed by atoms with van der Waals surface area (Å²) in [5.74, 6) is -0.404. The molecule has 0 spiro atoms. The van der Waals surface area contributed by atoms with Crippen molar-refractivity contribution in [1.82, 2.24) is 4.57 Å². The molecule has 0 saturated heterocycles. The zero-order valence-corrected chi connectivity index (χ0v) is 12.2. The van der Waals surface area contributed by atoms with E-state index >= 15 is 0 Å². The molecule has 0 N–H and O–H groups in total. The van der Waals surface area contributed by atoms with Gasteiger partial charge < -0.3 is 4.57 Å². The lowest BCUT2D eigenvalue weighted by molar-refractivity contribution is 0.599. The van der Waals surface area contributed by atoms with Crippen molar-refractivity contribution in [3.8, 4) is 0 Å². The van der Waals surface area contributed by atoms with Crippen LogP contribution in [0.2, 0.25) is 5.02 Å². The van der Waals surface area contributed by atoms with Crippen LogP contribution in [0.25, 0.3) is 10.9 Å². The van der Waals surface area contributed by atoms with Gasteiger partial charge in [0, 0.05) is 22.0 Å². The molecule has 0 aliphatic rings. The summed E-state index contributed by atoms with van der Waals surface area (Å²) in [7, 11) is 0. The van der Waals surface area contributed by atoms with E-state index in [4.69, 9.17) is 11.6 Å². The van der Waals surface area contributed by atoms with Crippen LogP contribution in [-0.2, 0) is 6.54 Å². The molecule has 0 bridgehead atoms. The highest BCUT2D eigenvalue weighted by Crippen LogP contribution is 2.22. The van der Waals surface area contributed by atoms with Crippen LogP contribution in [0.1, 0.15) is 11.1 Å². The first-order valence-electron chi connectivity index (χ1n) is 6.60. The summed E-state index contributed by atoms with van der Waals surface area (Å²) < 4.78 is 15.5. The van der Waals surface area contributed by atoms with Gasteiger partial charge in [0.15, 0.2) is 0 Å². The number of aromatic nitrogens is 1. The number of benzene rings is 2. The largest absolute Gasteiger partial charge is 0.304 e. The molecule has 3 aromatic rings. The first kappa shape index (κ1) is 13.8. The Hall–Kier alpha value is -2.13. The molecule has 0 atom stereocenters. The Morgan fingerprint density at radius 3 is 2.67 bits per heavy atom. The van der Waals surface area contributed by atoms with Crippen LogP contribution in [0.3, 0.4) is 0 Å². The van der Waals surface area contributed by atoms with Crippen molar-refractivity contribution in [3.05, 3.63) is 80.9 Å². The van der Waals surface area contributed by atoms with Gasteiger partial charge in [-0.1, -0.05) is 35.9 Å². The zero-order valence-electron chi connectivity index (χ0n) is 11.4. The topological polar surface area (TPSA) is 22.0 Å². The van der Waals surface area contributed by atoms with Crippen LogP contribution >= 0.6 is 11.6 Å². The molecular formula is C17H13ClFNO. The lowest BCUT2D eigenvalue weighted by Crippen LogP contribution is -2.21. The highest BCUT2D eigenvalue weighted by atomic mass is 35.5. The number of nitrogens with zero attached hydrogens (tertiary/aromatic N) is 1. The second-order valence-corrected chi connectivity index (χ2v) is 5.38. The van der Waals surface area contributed by atoms with Gasteiger partial charge in [-0.25, -0.2) is 4.39 Å². The van der Waals surface area contributed by atoms with Gasteiger partial charge in [0.2, 0.25) is 0 Å². The molecule has 4 heteroatoms. The molecular weight excluding hydrogens is 289 g/mol. The molecule has 3 rings (SSSR count). The van der Waals surface area contributed by atoms with Crippen molar-refractivity contribution >= 4 is 22.5 Å². The molecule has 2 aromatic carbocycles. The van der Waals surface area contributed by atoms with Gasteiger partial charge in [-0.2, -0.15) is 0 Å². The third kappa shape index (κ3) is 2.45. The fourth-order valence-corrected chi connectivity index (χ4v) is 2.73. The normalized spacial score (nSPS) is 11.0. The molecule has 0 saturated carbocycles. The molecule has 0 amide bonds. The van der Waals surface area contributed by atoms with Crippen LogP contribution in [0.4, 0.5) is 4.39 Å². The fraction of sp³-hybridized carbons (Fsp3) is 0.118. The van der Waals surface area contributed by atoms with Crippen LogP contribution < -0.4 is 5.56 Å². The Bertz CT molecular complexity index is 865. The van der Waals surface area contributed by atoms with Crippen molar-refractivity contribution in [3.63, 3.8) is 0 Å². The van der Waals surface area contributed by atoms with E-state index in [9.17, 15) is 9.18 Å². The van der Waals surface area contributed by atoms with Gasteiger partial charge in [0.1, 0.15) is 5.82 Å². The molecule has 0 unspecified atom stereocenters. The number of hydrogen-bond donors (Lipinski definition) is 0. The van der Waals surface area contributed by atoms with Gasteiger partial charge in [0.05, 0.1) is 12.1 Å². The minimum atomic E-state index is -0.404. The van der Waals surface area contributed by atoms with Gasteiger partial charge in [-0.05, 0) is 30.7 Å². The van der Waals surface area contributed by atoms with E-state index in [1.807, 2.05) is 31.2 Å². The molecule has 106 valence electrons. The number of halogens is 2. The summed E-state index contributed by atoms with van der Waals surface area (Å²) in [5, 5.41) is 1.30. The average Bonchev–Trinajstić information content (AvgIpc) is 2.46. The monoisotopic (exact) mass is 301 g/mol. The summed E-state index contributed by atoms with van der Waals surface area (Å²) in [6.07, 6.45) is 0. The standard InChI is InChI=1S/C17H13ClFNO/c1-11-9-17(21)20(16-8-3-2-5-12(11)16)10-13-14(18)6-4-7-15(13)19/h2-9H,10H2,1H3. The van der Waals surface area contributed by atoms with Crippen molar-refractivity contribution < 1.29 is 4.39 Å². The Balaban J connectivity index is 2.24. The van der Waals surface area contributed by atoms with Crippen molar-refractivity contribution in [2.24, 2.45) is 0 Å². The maximum absolute atomic E-state index is 13.9. The predicted octanol–water partition coefficient (Wildman–Crippen LogP) is 4.15. The first-order chi connectivity index (χ1) is 10.1. The molecule has 21 heavy (non-hydrogen) atoms. The predicted molar refractivity (Wildman–Crippen MR) is 83.5 cm³/mol. The molecule has 1 heterocycles. The maximum Gasteiger partial charge on any atom is 0.251 e. The number of hydrogen-bond acceptors (Lipinski definition) is 1. The molecule has 1 aromatic heterocycles. The van der Waals surface area contributed by atoms with E-state index in [-0.39, 0.29) is 12.1 Å². The van der Waals surface area contributed by atoms with E-state index in [2.05, 4.69) is 0 Å². The first-order valence-corrected chi connectivity index (χ1v) is 6.98. The zero-order chi connectivity index (χ0) is 15.0. The van der Waals surface area contributed by atoms with Crippen molar-refractivity contribution in [1.29, 1.82) is 0 Å². The summed E-state index contributed by atoms with van der Waals surface area (Å²) >= 11 is 6.06. The lowest BCUT2D eigenvalue weighted by atomic mass is 10.1. The Morgan fingerprint density at radius 1 is 1.14 bits per heavy atom. The van der Waals surface area contributed by atoms with Crippen molar-refractivity contribution in [2.75, 3.05) is 0 Å². The van der Waals surface area contributed by atoms with Crippen molar-refractivity contribution in [2.45, 2.75) is 13.5 Å². The Kier molecular flexibility index (Phi) is 3.52. The fourth-order valence-electron chi connectivity index (χ4n) is 2.51. The minimum absolute atomic E-state index is 0.116. The van der Waals surface area contributed by atoms with E-state index in [0.29, 0.717) is 10.6 Å². The van der Waals surface area contributed by atoms with Crippen LogP contribution in [0.15, 0.2) is 53.3 Å². The third-order valence-electron chi connectivity index (χ3n) is 3.60. The van der Waals surface area contributed by atoms with E-state index in [1.54, 1.807) is 22.8 Å². The Labute approximate surface area is 126 Å². The average molecular weight is 302 g/mol. The smallest absolute Gasteiger partial charge is 0.251 e. The maximum atomic E-state index is 13.9. The van der Waals surface area contributed by atoms with Crippen LogP contribution in [-0.4, -0.2) is 4.57 Å². The number of para-hydroxylation sites is 1. The number of pyridine rings is 1. The number of rotatable bonds is 2. The SMILES string of the molecule is Cc1cc(=O)n(Cc2c(F)cccc2Cl)c2ccccc12. The quantitative estimate of drug-likeness (QED) is 0.697. The summed E-state index contributed by atoms with van der Waals surface area (Å²) in [5.41, 5.74) is 1.86. The van der Waals surface area contributed by atoms with Gasteiger partial charge in [-0.15, -0.1) is 0 Å². The Morgan fingerprint density at radius 2 is 1.90 bits per heavy atom. The van der Waals surface area contributed by atoms with Gasteiger partial charge >= 0.3 is 0 Å². The summed E-state index contributed by atoms with van der Waals surface area (Å²) in [6, 6.07) is 13.7. The van der Waals surface area contributed by atoms with E-state index in [1.165, 1.54) is 6.07 Å². The van der Waals surface area contributed by atoms with E-state index in [0.717, 1.165) is 16.5 Å². The second kappa shape index (κ2) is 5.34. The molecule has 2 nitrogen and oxygen atoms in total. The van der Waals surface area contributed by atoms with Crippen LogP contribution in [0, 0.1) is 12.7 Å². The van der Waals surface area contributed by atoms with Gasteiger partial charge in [0.25, 0.3) is 5.56 Å². The minimum Gasteiger partial charge on any atom is -0.304 e. The second-order valence-electron chi connectivity index (χ2n) is 4.97. The molecule has 0 aliphatic carbocycles. The summed E-state index contributed by atoms with van der Waals surface area (Å²) in [4.78, 5) is 12.3.